The Labute approximate surface area is 174 Å². The van der Waals surface area contributed by atoms with Gasteiger partial charge in [-0.2, -0.15) is 0 Å². The Morgan fingerprint density at radius 2 is 1.57 bits per heavy atom. The molecule has 0 aliphatic carbocycles. The van der Waals surface area contributed by atoms with Gasteiger partial charge in [0, 0.05) is 22.5 Å². The van der Waals surface area contributed by atoms with Crippen LogP contribution in [0.25, 0.3) is 10.9 Å². The Hall–Kier alpha value is -2.74. The topological polar surface area (TPSA) is 92.2 Å². The molecule has 7 nitrogen and oxygen atoms in total. The molecule has 1 heterocycles. The summed E-state index contributed by atoms with van der Waals surface area (Å²) in [6.45, 7) is 0. The molecule has 1 aromatic heterocycles. The number of aromatic nitrogens is 1. The van der Waals surface area contributed by atoms with Crippen molar-refractivity contribution in [1.29, 1.82) is 0 Å². The molecular formula is C18H13Cl3N4O3. The lowest BCUT2D eigenvalue weighted by atomic mass is 10.2. The van der Waals surface area contributed by atoms with Gasteiger partial charge in [-0.05, 0) is 42.5 Å². The fourth-order valence-electron chi connectivity index (χ4n) is 2.52. The van der Waals surface area contributed by atoms with Crippen molar-refractivity contribution in [3.8, 4) is 0 Å². The minimum Gasteiger partial charge on any atom is -0.351 e. The molecule has 3 N–H and O–H groups in total. The SMILES string of the molecule is CNC(=O)C(=O)Nn1c(C(=O)Nc2ccc(Cl)cc2Cl)cc2cc(Cl)ccc21. The first kappa shape index (κ1) is 20.0. The van der Waals surface area contributed by atoms with E-state index >= 15 is 0 Å². The highest BCUT2D eigenvalue weighted by atomic mass is 35.5. The summed E-state index contributed by atoms with van der Waals surface area (Å²) in [7, 11) is 1.33. The van der Waals surface area contributed by atoms with E-state index in [2.05, 4.69) is 16.1 Å². The van der Waals surface area contributed by atoms with Crippen LogP contribution < -0.4 is 16.1 Å². The van der Waals surface area contributed by atoms with Crippen LogP contribution in [0.4, 0.5) is 5.69 Å². The monoisotopic (exact) mass is 438 g/mol. The zero-order valence-electron chi connectivity index (χ0n) is 14.3. The lowest BCUT2D eigenvalue weighted by molar-refractivity contribution is -0.136. The number of fused-ring (bicyclic) bond motifs is 1. The van der Waals surface area contributed by atoms with Crippen LogP contribution in [0.5, 0.6) is 0 Å². The van der Waals surface area contributed by atoms with Crippen LogP contribution in [-0.2, 0) is 9.59 Å². The summed E-state index contributed by atoms with van der Waals surface area (Å²) in [6, 6.07) is 11.0. The molecule has 3 amide bonds. The van der Waals surface area contributed by atoms with Crippen LogP contribution in [0.2, 0.25) is 15.1 Å². The second-order valence-electron chi connectivity index (χ2n) is 5.67. The number of nitrogens with one attached hydrogen (secondary N) is 3. The molecule has 0 saturated heterocycles. The normalized spacial score (nSPS) is 10.6. The molecule has 0 aliphatic heterocycles. The number of anilines is 1. The number of carbonyl (C=O) groups excluding carboxylic acids is 3. The summed E-state index contributed by atoms with van der Waals surface area (Å²) in [5.74, 6) is -2.36. The van der Waals surface area contributed by atoms with Gasteiger partial charge in [0.05, 0.1) is 16.2 Å². The number of carbonyl (C=O) groups is 3. The van der Waals surface area contributed by atoms with E-state index in [-0.39, 0.29) is 10.7 Å². The lowest BCUT2D eigenvalue weighted by Gasteiger charge is -2.12. The van der Waals surface area contributed by atoms with E-state index < -0.39 is 17.7 Å². The van der Waals surface area contributed by atoms with E-state index in [1.807, 2.05) is 0 Å². The fourth-order valence-corrected chi connectivity index (χ4v) is 3.15. The maximum Gasteiger partial charge on any atom is 0.328 e. The first-order chi connectivity index (χ1) is 13.3. The van der Waals surface area contributed by atoms with Crippen LogP contribution in [0.15, 0.2) is 42.5 Å². The Morgan fingerprint density at radius 3 is 2.25 bits per heavy atom. The highest BCUT2D eigenvalue weighted by Gasteiger charge is 2.21. The van der Waals surface area contributed by atoms with E-state index in [1.54, 1.807) is 30.3 Å². The van der Waals surface area contributed by atoms with E-state index in [9.17, 15) is 14.4 Å². The number of amides is 3. The molecule has 0 spiro atoms. The Balaban J connectivity index is 2.03. The molecule has 0 fully saturated rings. The second-order valence-corrected chi connectivity index (χ2v) is 6.95. The molecule has 0 radical (unpaired) electrons. The van der Waals surface area contributed by atoms with Crippen LogP contribution >= 0.6 is 34.8 Å². The molecular weight excluding hydrogens is 427 g/mol. The molecule has 0 aliphatic rings. The van der Waals surface area contributed by atoms with Crippen molar-refractivity contribution in [1.82, 2.24) is 9.99 Å². The lowest BCUT2D eigenvalue weighted by Crippen LogP contribution is -2.38. The Kier molecular flexibility index (Phi) is 5.79. The molecule has 28 heavy (non-hydrogen) atoms. The third-order valence-corrected chi connectivity index (χ3v) is 4.61. The first-order valence-corrected chi connectivity index (χ1v) is 9.04. The number of nitrogens with zero attached hydrogens (tertiary/aromatic N) is 1. The molecule has 0 bridgehead atoms. The minimum atomic E-state index is -0.937. The van der Waals surface area contributed by atoms with Gasteiger partial charge in [-0.3, -0.25) is 19.8 Å². The smallest absolute Gasteiger partial charge is 0.328 e. The van der Waals surface area contributed by atoms with Gasteiger partial charge in [0.2, 0.25) is 0 Å². The molecule has 0 unspecified atom stereocenters. The predicted octanol–water partition coefficient (Wildman–Crippen LogP) is 3.67. The zero-order chi connectivity index (χ0) is 20.4. The number of hydrogen-bond donors (Lipinski definition) is 3. The van der Waals surface area contributed by atoms with Gasteiger partial charge >= 0.3 is 11.8 Å². The summed E-state index contributed by atoms with van der Waals surface area (Å²) < 4.78 is 1.21. The zero-order valence-corrected chi connectivity index (χ0v) is 16.6. The van der Waals surface area contributed by atoms with Crippen LogP contribution in [0.1, 0.15) is 10.5 Å². The maximum atomic E-state index is 12.8. The molecule has 144 valence electrons. The number of halogens is 3. The fraction of sp³-hybridized carbons (Fsp3) is 0.0556. The number of benzene rings is 2. The highest BCUT2D eigenvalue weighted by Crippen LogP contribution is 2.27. The summed E-state index contributed by atoms with van der Waals surface area (Å²) in [6.07, 6.45) is 0. The van der Waals surface area contributed by atoms with Gasteiger partial charge in [-0.25, -0.2) is 4.68 Å². The van der Waals surface area contributed by atoms with Crippen LogP contribution in [-0.4, -0.2) is 29.4 Å². The average Bonchev–Trinajstić information content (AvgIpc) is 3.00. The number of likely N-dealkylation sites (N-methyl/N-ethyl adjacent to an activating group) is 1. The Morgan fingerprint density at radius 1 is 0.893 bits per heavy atom. The van der Waals surface area contributed by atoms with Crippen LogP contribution in [0.3, 0.4) is 0 Å². The molecule has 0 atom stereocenters. The van der Waals surface area contributed by atoms with Crippen molar-refractivity contribution in [2.45, 2.75) is 0 Å². The molecule has 2 aromatic carbocycles. The summed E-state index contributed by atoms with van der Waals surface area (Å²) >= 11 is 18.0. The van der Waals surface area contributed by atoms with Crippen molar-refractivity contribution in [2.24, 2.45) is 0 Å². The summed E-state index contributed by atoms with van der Waals surface area (Å²) in [5.41, 5.74) is 3.29. The average molecular weight is 440 g/mol. The largest absolute Gasteiger partial charge is 0.351 e. The van der Waals surface area contributed by atoms with Crippen molar-refractivity contribution in [2.75, 3.05) is 17.8 Å². The first-order valence-electron chi connectivity index (χ1n) is 7.90. The van der Waals surface area contributed by atoms with Crippen molar-refractivity contribution in [3.05, 3.63) is 63.2 Å². The van der Waals surface area contributed by atoms with Gasteiger partial charge in [0.1, 0.15) is 5.69 Å². The van der Waals surface area contributed by atoms with Gasteiger partial charge in [0.25, 0.3) is 5.91 Å². The third-order valence-electron chi connectivity index (χ3n) is 3.82. The van der Waals surface area contributed by atoms with Gasteiger partial charge in [0.15, 0.2) is 0 Å². The van der Waals surface area contributed by atoms with E-state index in [0.717, 1.165) is 0 Å². The van der Waals surface area contributed by atoms with Crippen molar-refractivity contribution < 1.29 is 14.4 Å². The number of rotatable bonds is 3. The quantitative estimate of drug-likeness (QED) is 0.544. The molecule has 3 rings (SSSR count). The summed E-state index contributed by atoms with van der Waals surface area (Å²) in [4.78, 5) is 36.5. The highest BCUT2D eigenvalue weighted by molar-refractivity contribution is 6.38. The van der Waals surface area contributed by atoms with Crippen molar-refractivity contribution in [3.63, 3.8) is 0 Å². The Bertz CT molecular complexity index is 1110. The van der Waals surface area contributed by atoms with E-state index in [0.29, 0.717) is 26.6 Å². The summed E-state index contributed by atoms with van der Waals surface area (Å²) in [5, 5.41) is 6.59. The van der Waals surface area contributed by atoms with Crippen LogP contribution in [0, 0.1) is 0 Å². The van der Waals surface area contributed by atoms with Gasteiger partial charge in [-0.15, -0.1) is 0 Å². The standard InChI is InChI=1S/C18H13Cl3N4O3/c1-22-17(27)18(28)24-25-14-5-3-10(19)6-9(14)7-15(25)16(26)23-13-4-2-11(20)8-12(13)21/h2-8H,1H3,(H,22,27)(H,23,26)(H,24,28). The molecule has 3 aromatic rings. The van der Waals surface area contributed by atoms with Crippen molar-refractivity contribution >= 4 is 69.1 Å². The minimum absolute atomic E-state index is 0.0699. The second kappa shape index (κ2) is 8.10. The molecule has 10 heteroatoms. The van der Waals surface area contributed by atoms with E-state index in [4.69, 9.17) is 34.8 Å². The number of hydrogen-bond acceptors (Lipinski definition) is 3. The third kappa shape index (κ3) is 4.06. The van der Waals surface area contributed by atoms with Gasteiger partial charge < -0.3 is 10.6 Å². The van der Waals surface area contributed by atoms with E-state index in [1.165, 1.54) is 23.9 Å². The van der Waals surface area contributed by atoms with Gasteiger partial charge in [-0.1, -0.05) is 34.8 Å². The predicted molar refractivity (Wildman–Crippen MR) is 110 cm³/mol. The molecule has 0 saturated carbocycles. The maximum absolute atomic E-state index is 12.8.